The fraction of sp³-hybridized carbons (Fsp3) is 0.400. The van der Waals surface area contributed by atoms with E-state index >= 15 is 0 Å². The van der Waals surface area contributed by atoms with Crippen LogP contribution in [0.1, 0.15) is 11.7 Å². The minimum Gasteiger partial charge on any atom is -0.494 e. The first-order chi connectivity index (χ1) is 7.33. The third-order valence-electron chi connectivity index (χ3n) is 2.02. The zero-order valence-corrected chi connectivity index (χ0v) is 9.79. The molecule has 1 N–H and O–H groups in total. The molecule has 0 aromatic heterocycles. The highest BCUT2D eigenvalue weighted by molar-refractivity contribution is 7.90. The fourth-order valence-corrected chi connectivity index (χ4v) is 2.03. The molecule has 1 aromatic rings. The Kier molecular flexibility index (Phi) is 3.88. The summed E-state index contributed by atoms with van der Waals surface area (Å²) in [6, 6.07) is 3.73. The maximum absolute atomic E-state index is 13.0. The molecule has 0 aliphatic heterocycles. The molecule has 90 valence electrons. The molecule has 0 saturated heterocycles. The van der Waals surface area contributed by atoms with E-state index in [9.17, 15) is 17.9 Å². The van der Waals surface area contributed by atoms with Crippen LogP contribution in [0.4, 0.5) is 4.39 Å². The highest BCUT2D eigenvalue weighted by atomic mass is 32.2. The van der Waals surface area contributed by atoms with Gasteiger partial charge in [0, 0.05) is 6.26 Å². The van der Waals surface area contributed by atoms with Gasteiger partial charge in [0.25, 0.3) is 0 Å². The molecule has 16 heavy (non-hydrogen) atoms. The molecule has 0 aliphatic rings. The molecule has 0 fully saturated rings. The number of hydrogen-bond acceptors (Lipinski definition) is 4. The number of methoxy groups -OCH3 is 1. The maximum Gasteiger partial charge on any atom is 0.165 e. The van der Waals surface area contributed by atoms with E-state index in [2.05, 4.69) is 0 Å². The van der Waals surface area contributed by atoms with Crippen molar-refractivity contribution in [3.8, 4) is 5.75 Å². The van der Waals surface area contributed by atoms with E-state index in [1.807, 2.05) is 0 Å². The second-order valence-electron chi connectivity index (χ2n) is 3.50. The number of aliphatic hydroxyl groups excluding tert-OH is 1. The monoisotopic (exact) mass is 248 g/mol. The standard InChI is InChI=1S/C10H13FO4S/c1-15-10-5-7(3-4-8(10)11)9(12)6-16(2,13)14/h3-5,9,12H,6H2,1-2H3. The van der Waals surface area contributed by atoms with E-state index < -0.39 is 27.5 Å². The zero-order chi connectivity index (χ0) is 12.3. The van der Waals surface area contributed by atoms with E-state index in [1.54, 1.807) is 0 Å². The van der Waals surface area contributed by atoms with Gasteiger partial charge in [-0.05, 0) is 17.7 Å². The second-order valence-corrected chi connectivity index (χ2v) is 5.69. The molecule has 1 atom stereocenters. The number of benzene rings is 1. The minimum absolute atomic E-state index is 0.0231. The summed E-state index contributed by atoms with van der Waals surface area (Å²) in [6.07, 6.45) is -0.152. The highest BCUT2D eigenvalue weighted by Crippen LogP contribution is 2.23. The molecule has 0 amide bonds. The van der Waals surface area contributed by atoms with Gasteiger partial charge in [-0.1, -0.05) is 6.07 Å². The summed E-state index contributed by atoms with van der Waals surface area (Å²) < 4.78 is 39.7. The lowest BCUT2D eigenvalue weighted by Crippen LogP contribution is -2.12. The van der Waals surface area contributed by atoms with Crippen LogP contribution < -0.4 is 4.74 Å². The van der Waals surface area contributed by atoms with Crippen LogP contribution in [0.15, 0.2) is 18.2 Å². The average molecular weight is 248 g/mol. The van der Waals surface area contributed by atoms with E-state index in [1.165, 1.54) is 19.2 Å². The van der Waals surface area contributed by atoms with E-state index in [0.717, 1.165) is 12.3 Å². The summed E-state index contributed by atoms with van der Waals surface area (Å²) in [5.74, 6) is -0.982. The van der Waals surface area contributed by atoms with Crippen LogP contribution in [-0.2, 0) is 9.84 Å². The van der Waals surface area contributed by atoms with Crippen molar-refractivity contribution in [1.29, 1.82) is 0 Å². The minimum atomic E-state index is -3.29. The Bertz CT molecular complexity index is 470. The number of ether oxygens (including phenoxy) is 1. The van der Waals surface area contributed by atoms with Gasteiger partial charge in [-0.15, -0.1) is 0 Å². The normalized spacial score (nSPS) is 13.5. The van der Waals surface area contributed by atoms with E-state index in [4.69, 9.17) is 4.74 Å². The Labute approximate surface area is 93.6 Å². The third kappa shape index (κ3) is 3.46. The average Bonchev–Trinajstić information content (AvgIpc) is 2.15. The summed E-state index contributed by atoms with van der Waals surface area (Å²) in [4.78, 5) is 0. The molecule has 4 nitrogen and oxygen atoms in total. The highest BCUT2D eigenvalue weighted by Gasteiger charge is 2.16. The number of halogens is 1. The van der Waals surface area contributed by atoms with Crippen LogP contribution in [0, 0.1) is 5.82 Å². The Hall–Kier alpha value is -1.14. The van der Waals surface area contributed by atoms with E-state index in [-0.39, 0.29) is 5.75 Å². The van der Waals surface area contributed by atoms with Gasteiger partial charge in [-0.2, -0.15) is 0 Å². The Balaban J connectivity index is 2.96. The number of hydrogen-bond donors (Lipinski definition) is 1. The second kappa shape index (κ2) is 4.80. The molecule has 1 aromatic carbocycles. The third-order valence-corrected chi connectivity index (χ3v) is 2.94. The largest absolute Gasteiger partial charge is 0.494 e. The molecular formula is C10H13FO4S. The predicted molar refractivity (Wildman–Crippen MR) is 57.6 cm³/mol. The van der Waals surface area contributed by atoms with Crippen molar-refractivity contribution in [3.63, 3.8) is 0 Å². The van der Waals surface area contributed by atoms with Crippen molar-refractivity contribution in [2.45, 2.75) is 6.10 Å². The summed E-state index contributed by atoms with van der Waals surface area (Å²) in [5, 5.41) is 9.61. The van der Waals surface area contributed by atoms with Crippen LogP contribution in [0.2, 0.25) is 0 Å². The zero-order valence-electron chi connectivity index (χ0n) is 8.97. The lowest BCUT2D eigenvalue weighted by Gasteiger charge is -2.11. The first-order valence-electron chi connectivity index (χ1n) is 4.52. The molecule has 0 heterocycles. The summed E-state index contributed by atoms with van der Waals surface area (Å²) in [6.45, 7) is 0. The van der Waals surface area contributed by atoms with Gasteiger partial charge >= 0.3 is 0 Å². The van der Waals surface area contributed by atoms with Crippen molar-refractivity contribution in [1.82, 2.24) is 0 Å². The molecule has 1 unspecified atom stereocenters. The van der Waals surface area contributed by atoms with Crippen molar-refractivity contribution >= 4 is 9.84 Å². The topological polar surface area (TPSA) is 63.6 Å². The van der Waals surface area contributed by atoms with Crippen LogP contribution in [0.3, 0.4) is 0 Å². The van der Waals surface area contributed by atoms with Gasteiger partial charge < -0.3 is 9.84 Å². The first-order valence-corrected chi connectivity index (χ1v) is 6.59. The van der Waals surface area contributed by atoms with Crippen molar-refractivity contribution in [2.75, 3.05) is 19.1 Å². The first kappa shape index (κ1) is 12.9. The summed E-state index contributed by atoms with van der Waals surface area (Å²) in [7, 11) is -1.99. The molecule has 0 bridgehead atoms. The lowest BCUT2D eigenvalue weighted by atomic mass is 10.1. The fourth-order valence-electron chi connectivity index (χ4n) is 1.27. The Morgan fingerprint density at radius 2 is 2.12 bits per heavy atom. The summed E-state index contributed by atoms with van der Waals surface area (Å²) in [5.41, 5.74) is 0.309. The van der Waals surface area contributed by atoms with E-state index in [0.29, 0.717) is 5.56 Å². The smallest absolute Gasteiger partial charge is 0.165 e. The summed E-state index contributed by atoms with van der Waals surface area (Å²) >= 11 is 0. The van der Waals surface area contributed by atoms with Gasteiger partial charge in [-0.3, -0.25) is 0 Å². The molecule has 0 spiro atoms. The Morgan fingerprint density at radius 3 is 2.62 bits per heavy atom. The van der Waals surface area contributed by atoms with Crippen LogP contribution in [0.25, 0.3) is 0 Å². The molecule has 0 radical (unpaired) electrons. The quantitative estimate of drug-likeness (QED) is 0.860. The van der Waals surface area contributed by atoms with Crippen molar-refractivity contribution < 1.29 is 22.7 Å². The van der Waals surface area contributed by atoms with Crippen LogP contribution >= 0.6 is 0 Å². The molecular weight excluding hydrogens is 235 g/mol. The molecule has 1 rings (SSSR count). The van der Waals surface area contributed by atoms with Gasteiger partial charge in [-0.25, -0.2) is 12.8 Å². The SMILES string of the molecule is COc1cc(C(O)CS(C)(=O)=O)ccc1F. The van der Waals surface area contributed by atoms with Crippen molar-refractivity contribution in [2.24, 2.45) is 0 Å². The van der Waals surface area contributed by atoms with Crippen molar-refractivity contribution in [3.05, 3.63) is 29.6 Å². The number of aliphatic hydroxyl groups is 1. The molecule has 0 aliphatic carbocycles. The number of rotatable bonds is 4. The van der Waals surface area contributed by atoms with Crippen LogP contribution in [-0.4, -0.2) is 32.6 Å². The van der Waals surface area contributed by atoms with Gasteiger partial charge in [0.2, 0.25) is 0 Å². The lowest BCUT2D eigenvalue weighted by molar-refractivity contribution is 0.201. The Morgan fingerprint density at radius 1 is 1.50 bits per heavy atom. The maximum atomic E-state index is 13.0. The molecule has 6 heteroatoms. The van der Waals surface area contributed by atoms with Gasteiger partial charge in [0.1, 0.15) is 9.84 Å². The number of sulfone groups is 1. The molecule has 0 saturated carbocycles. The van der Waals surface area contributed by atoms with Crippen LogP contribution in [0.5, 0.6) is 5.75 Å². The van der Waals surface area contributed by atoms with Gasteiger partial charge in [0.15, 0.2) is 11.6 Å². The van der Waals surface area contributed by atoms with Gasteiger partial charge in [0.05, 0.1) is 19.0 Å². The predicted octanol–water partition coefficient (Wildman–Crippen LogP) is 0.912.